The second-order valence-corrected chi connectivity index (χ2v) is 8.28. The number of likely N-dealkylation sites (N-methyl/N-ethyl adjacent to an activating group) is 1. The molecule has 3 rings (SSSR count). The van der Waals surface area contributed by atoms with Crippen LogP contribution in [0.25, 0.3) is 0 Å². The lowest BCUT2D eigenvalue weighted by Gasteiger charge is -2.31. The van der Waals surface area contributed by atoms with Crippen molar-refractivity contribution in [3.63, 3.8) is 0 Å². The molecule has 30 heavy (non-hydrogen) atoms. The van der Waals surface area contributed by atoms with Crippen LogP contribution < -0.4 is 15.4 Å². The summed E-state index contributed by atoms with van der Waals surface area (Å²) < 4.78 is 11.5. The van der Waals surface area contributed by atoms with E-state index in [9.17, 15) is 0 Å². The van der Waals surface area contributed by atoms with Crippen molar-refractivity contribution in [3.05, 3.63) is 52.2 Å². The first-order valence-electron chi connectivity index (χ1n) is 10.8. The van der Waals surface area contributed by atoms with Gasteiger partial charge in [0.05, 0.1) is 6.54 Å². The van der Waals surface area contributed by atoms with Crippen LogP contribution in [0, 0.1) is 0 Å². The van der Waals surface area contributed by atoms with Crippen LogP contribution in [0.15, 0.2) is 46.1 Å². The van der Waals surface area contributed by atoms with Gasteiger partial charge in [-0.15, -0.1) is 0 Å². The summed E-state index contributed by atoms with van der Waals surface area (Å²) in [6.45, 7) is 7.65. The largest absolute Gasteiger partial charge is 0.492 e. The van der Waals surface area contributed by atoms with Gasteiger partial charge in [-0.3, -0.25) is 4.90 Å². The van der Waals surface area contributed by atoms with Crippen LogP contribution in [-0.2, 0) is 17.8 Å². The van der Waals surface area contributed by atoms with E-state index in [2.05, 4.69) is 63.5 Å². The Bertz CT molecular complexity index is 760. The van der Waals surface area contributed by atoms with Crippen LogP contribution in [0.2, 0.25) is 0 Å². The smallest absolute Gasteiger partial charge is 0.191 e. The summed E-state index contributed by atoms with van der Waals surface area (Å²) in [5, 5.41) is 10.9. The van der Waals surface area contributed by atoms with Gasteiger partial charge in [0.15, 0.2) is 5.96 Å². The molecule has 0 spiro atoms. The van der Waals surface area contributed by atoms with E-state index in [4.69, 9.17) is 9.47 Å². The highest BCUT2D eigenvalue weighted by Crippen LogP contribution is 2.15. The molecule has 1 fully saturated rings. The zero-order valence-electron chi connectivity index (χ0n) is 18.1. The maximum Gasteiger partial charge on any atom is 0.191 e. The van der Waals surface area contributed by atoms with Gasteiger partial charge < -0.3 is 20.1 Å². The fraction of sp³-hybridized carbons (Fsp3) is 0.522. The number of nitrogens with one attached hydrogen (secondary N) is 2. The van der Waals surface area contributed by atoms with Crippen molar-refractivity contribution < 1.29 is 9.47 Å². The predicted octanol–water partition coefficient (Wildman–Crippen LogP) is 3.49. The SMILES string of the molecule is CCNC(=NCc1ccsc1)NCc1cccc(OCCN(C)C2CCOCC2)c1. The molecular weight excluding hydrogens is 396 g/mol. The van der Waals surface area contributed by atoms with Gasteiger partial charge in [0.25, 0.3) is 0 Å². The molecule has 0 bridgehead atoms. The Kier molecular flexibility index (Phi) is 9.47. The lowest BCUT2D eigenvalue weighted by atomic mass is 10.1. The number of ether oxygens (including phenoxy) is 2. The molecule has 1 aliphatic heterocycles. The van der Waals surface area contributed by atoms with E-state index in [1.807, 2.05) is 12.1 Å². The summed E-state index contributed by atoms with van der Waals surface area (Å²) in [4.78, 5) is 7.05. The maximum atomic E-state index is 6.01. The second kappa shape index (κ2) is 12.6. The van der Waals surface area contributed by atoms with E-state index in [1.165, 1.54) is 11.1 Å². The maximum absolute atomic E-state index is 6.01. The Labute approximate surface area is 184 Å². The van der Waals surface area contributed by atoms with Gasteiger partial charge in [-0.05, 0) is 66.9 Å². The summed E-state index contributed by atoms with van der Waals surface area (Å²) in [5.41, 5.74) is 2.41. The van der Waals surface area contributed by atoms with Crippen molar-refractivity contribution in [2.75, 3.05) is 40.0 Å². The summed E-state index contributed by atoms with van der Waals surface area (Å²) in [6.07, 6.45) is 2.22. The monoisotopic (exact) mass is 430 g/mol. The van der Waals surface area contributed by atoms with E-state index in [0.29, 0.717) is 25.7 Å². The minimum absolute atomic E-state index is 0.607. The predicted molar refractivity (Wildman–Crippen MR) is 124 cm³/mol. The van der Waals surface area contributed by atoms with Crippen LogP contribution in [-0.4, -0.2) is 56.9 Å². The molecule has 6 nitrogen and oxygen atoms in total. The van der Waals surface area contributed by atoms with Crippen molar-refractivity contribution in [3.8, 4) is 5.75 Å². The standard InChI is InChI=1S/C23H34N4O2S/c1-3-24-23(26-17-20-9-14-30-18-20)25-16-19-5-4-6-22(15-19)29-13-10-27(2)21-7-11-28-12-8-21/h4-6,9,14-15,18,21H,3,7-8,10-13,16-17H2,1-2H3,(H2,24,25,26). The van der Waals surface area contributed by atoms with Gasteiger partial charge in [-0.25, -0.2) is 4.99 Å². The average molecular weight is 431 g/mol. The molecule has 1 saturated heterocycles. The van der Waals surface area contributed by atoms with Crippen molar-refractivity contribution >= 4 is 17.3 Å². The number of hydrogen-bond donors (Lipinski definition) is 2. The number of benzene rings is 1. The number of hydrogen-bond acceptors (Lipinski definition) is 5. The highest BCUT2D eigenvalue weighted by atomic mass is 32.1. The van der Waals surface area contributed by atoms with E-state index in [1.54, 1.807) is 11.3 Å². The molecule has 1 aromatic heterocycles. The second-order valence-electron chi connectivity index (χ2n) is 7.50. The minimum atomic E-state index is 0.607. The summed E-state index contributed by atoms with van der Waals surface area (Å²) in [6, 6.07) is 11.0. The fourth-order valence-electron chi connectivity index (χ4n) is 3.44. The molecular formula is C23H34N4O2S. The third-order valence-electron chi connectivity index (χ3n) is 5.23. The van der Waals surface area contributed by atoms with Gasteiger partial charge in [0.1, 0.15) is 12.4 Å². The zero-order chi connectivity index (χ0) is 21.0. The van der Waals surface area contributed by atoms with Crippen LogP contribution in [0.1, 0.15) is 30.9 Å². The Morgan fingerprint density at radius 1 is 1.23 bits per heavy atom. The first-order valence-corrected chi connectivity index (χ1v) is 11.7. The van der Waals surface area contributed by atoms with Crippen LogP contribution in [0.5, 0.6) is 5.75 Å². The number of thiophene rings is 1. The molecule has 0 atom stereocenters. The van der Waals surface area contributed by atoms with Crippen LogP contribution in [0.3, 0.4) is 0 Å². The summed E-state index contributed by atoms with van der Waals surface area (Å²) >= 11 is 1.70. The minimum Gasteiger partial charge on any atom is -0.492 e. The van der Waals surface area contributed by atoms with Crippen LogP contribution >= 0.6 is 11.3 Å². The molecule has 2 heterocycles. The number of rotatable bonds is 10. The topological polar surface area (TPSA) is 58.1 Å². The molecule has 1 aromatic carbocycles. The van der Waals surface area contributed by atoms with Crippen molar-refractivity contribution in [1.82, 2.24) is 15.5 Å². The average Bonchev–Trinajstić information content (AvgIpc) is 3.30. The molecule has 164 valence electrons. The molecule has 0 aliphatic carbocycles. The molecule has 0 unspecified atom stereocenters. The first kappa shape index (κ1) is 22.6. The van der Waals surface area contributed by atoms with Gasteiger partial charge >= 0.3 is 0 Å². The summed E-state index contributed by atoms with van der Waals surface area (Å²) in [5.74, 6) is 1.74. The van der Waals surface area contributed by atoms with E-state index in [-0.39, 0.29) is 0 Å². The third kappa shape index (κ3) is 7.63. The Balaban J connectivity index is 1.45. The highest BCUT2D eigenvalue weighted by molar-refractivity contribution is 7.07. The molecule has 0 radical (unpaired) electrons. The van der Waals surface area contributed by atoms with Gasteiger partial charge in [-0.2, -0.15) is 11.3 Å². The lowest BCUT2D eigenvalue weighted by Crippen LogP contribution is -2.38. The van der Waals surface area contributed by atoms with Gasteiger partial charge in [-0.1, -0.05) is 12.1 Å². The normalized spacial score (nSPS) is 15.4. The number of aliphatic imine (C=N–C) groups is 1. The van der Waals surface area contributed by atoms with Crippen LogP contribution in [0.4, 0.5) is 0 Å². The van der Waals surface area contributed by atoms with Gasteiger partial charge in [0.2, 0.25) is 0 Å². The molecule has 0 saturated carbocycles. The molecule has 7 heteroatoms. The zero-order valence-corrected chi connectivity index (χ0v) is 18.9. The number of nitrogens with zero attached hydrogens (tertiary/aromatic N) is 2. The Morgan fingerprint density at radius 2 is 2.10 bits per heavy atom. The lowest BCUT2D eigenvalue weighted by molar-refractivity contribution is 0.0392. The Hall–Kier alpha value is -2.09. The van der Waals surface area contributed by atoms with Crippen molar-refractivity contribution in [2.45, 2.75) is 38.9 Å². The third-order valence-corrected chi connectivity index (χ3v) is 5.96. The Morgan fingerprint density at radius 3 is 2.87 bits per heavy atom. The van der Waals surface area contributed by atoms with E-state index in [0.717, 1.165) is 50.9 Å². The number of guanidine groups is 1. The highest BCUT2D eigenvalue weighted by Gasteiger charge is 2.17. The van der Waals surface area contributed by atoms with E-state index < -0.39 is 0 Å². The molecule has 2 N–H and O–H groups in total. The fourth-order valence-corrected chi connectivity index (χ4v) is 4.10. The van der Waals surface area contributed by atoms with E-state index >= 15 is 0 Å². The molecule has 0 amide bonds. The molecule has 1 aliphatic rings. The van der Waals surface area contributed by atoms with Gasteiger partial charge in [0, 0.05) is 38.9 Å². The quantitative estimate of drug-likeness (QED) is 0.446. The first-order chi connectivity index (χ1) is 14.7. The van der Waals surface area contributed by atoms with Crippen molar-refractivity contribution in [2.24, 2.45) is 4.99 Å². The molecule has 2 aromatic rings. The van der Waals surface area contributed by atoms with Crippen molar-refractivity contribution in [1.29, 1.82) is 0 Å². The summed E-state index contributed by atoms with van der Waals surface area (Å²) in [7, 11) is 2.18.